The van der Waals surface area contributed by atoms with Gasteiger partial charge in [0.25, 0.3) is 17.5 Å². The lowest BCUT2D eigenvalue weighted by molar-refractivity contribution is -0.384. The van der Waals surface area contributed by atoms with Gasteiger partial charge in [0, 0.05) is 30.3 Å². The predicted octanol–water partition coefficient (Wildman–Crippen LogP) is 4.67. The number of esters is 7. The number of carbonyl (C=O) groups is 9. The van der Waals surface area contributed by atoms with Crippen molar-refractivity contribution < 1.29 is 71.8 Å². The molecule has 0 bridgehead atoms. The van der Waals surface area contributed by atoms with E-state index in [1.165, 1.54) is 48.5 Å². The van der Waals surface area contributed by atoms with Crippen LogP contribution in [0.15, 0.2) is 97.1 Å². The molecule has 5 aromatic rings. The molecule has 0 unspecified atom stereocenters. The molecule has 57 heavy (non-hydrogen) atoms. The highest BCUT2D eigenvalue weighted by molar-refractivity contribution is 6.34. The number of nitro groups is 1. The number of imide groups is 1. The summed E-state index contributed by atoms with van der Waals surface area (Å²) < 4.78 is 25.5. The first-order chi connectivity index (χ1) is 27.2. The summed E-state index contributed by atoms with van der Waals surface area (Å²) in [7, 11) is 0. The Hall–Kier alpha value is -8.67. The number of rotatable bonds is 8. The van der Waals surface area contributed by atoms with Gasteiger partial charge in [-0.2, -0.15) is 0 Å². The van der Waals surface area contributed by atoms with Crippen LogP contribution in [0.25, 0.3) is 0 Å². The number of cyclic esters (lactones) is 4. The second kappa shape index (κ2) is 13.3. The highest BCUT2D eigenvalue weighted by Gasteiger charge is 2.38. The zero-order chi connectivity index (χ0) is 40.3. The van der Waals surface area contributed by atoms with E-state index in [9.17, 15) is 53.3 Å². The molecular formula is C39H16N2O16. The molecule has 5 aromatic carbocycles. The van der Waals surface area contributed by atoms with Crippen molar-refractivity contribution in [1.82, 2.24) is 0 Å². The molecule has 3 heterocycles. The Morgan fingerprint density at radius 2 is 0.842 bits per heavy atom. The first-order valence-electron chi connectivity index (χ1n) is 16.2. The van der Waals surface area contributed by atoms with E-state index in [4.69, 9.17) is 14.2 Å². The number of nitrogens with zero attached hydrogens (tertiary/aromatic N) is 2. The quantitative estimate of drug-likeness (QED) is 0.0519. The molecule has 0 spiro atoms. The van der Waals surface area contributed by atoms with Gasteiger partial charge in [-0.15, -0.1) is 0 Å². The summed E-state index contributed by atoms with van der Waals surface area (Å²) in [5.74, 6) is -9.62. The van der Waals surface area contributed by atoms with E-state index >= 15 is 0 Å². The fourth-order valence-electron chi connectivity index (χ4n) is 5.97. The van der Waals surface area contributed by atoms with Gasteiger partial charge in [-0.3, -0.25) is 19.7 Å². The average molecular weight is 769 g/mol. The van der Waals surface area contributed by atoms with Gasteiger partial charge in [0.1, 0.15) is 17.2 Å². The van der Waals surface area contributed by atoms with E-state index in [0.29, 0.717) is 0 Å². The topological polar surface area (TPSA) is 246 Å². The molecule has 8 rings (SSSR count). The van der Waals surface area contributed by atoms with E-state index < -0.39 is 58.5 Å². The zero-order valence-corrected chi connectivity index (χ0v) is 28.2. The molecule has 0 aliphatic carbocycles. The Morgan fingerprint density at radius 3 is 1.26 bits per heavy atom. The van der Waals surface area contributed by atoms with E-state index in [0.717, 1.165) is 53.4 Å². The van der Waals surface area contributed by atoms with Crippen LogP contribution in [0.4, 0.5) is 11.4 Å². The third kappa shape index (κ3) is 6.29. The van der Waals surface area contributed by atoms with Gasteiger partial charge in [-0.05, 0) is 66.7 Å². The van der Waals surface area contributed by atoms with Crippen LogP contribution in [0.3, 0.4) is 0 Å². The molecule has 3 aliphatic heterocycles. The number of carbonyl (C=O) groups excluding carboxylic acids is 9. The van der Waals surface area contributed by atoms with Gasteiger partial charge in [-0.25, -0.2) is 38.5 Å². The second-order valence-electron chi connectivity index (χ2n) is 12.2. The zero-order valence-electron chi connectivity index (χ0n) is 28.2. The van der Waals surface area contributed by atoms with Crippen molar-refractivity contribution in [1.29, 1.82) is 0 Å². The second-order valence-corrected chi connectivity index (χ2v) is 12.2. The molecule has 0 atom stereocenters. The number of hydrogen-bond acceptors (Lipinski definition) is 16. The molecule has 0 aromatic heterocycles. The molecule has 3 aliphatic rings. The van der Waals surface area contributed by atoms with E-state index in [1.54, 1.807) is 0 Å². The van der Waals surface area contributed by atoms with Gasteiger partial charge in [-0.1, -0.05) is 0 Å². The van der Waals surface area contributed by atoms with Crippen molar-refractivity contribution in [2.45, 2.75) is 0 Å². The number of benzene rings is 5. The molecule has 0 radical (unpaired) electrons. The minimum absolute atomic E-state index is 0.0472. The largest absolute Gasteiger partial charge is 0.423 e. The standard InChI is InChI=1S/C39H16N2O16/c42-31-25-8-1-17(11-28(25)32(43)40(31)20-4-6-21(7-5-20)41(51)52)33(44)53-22-14-23(54-34(45)18-2-9-26-29(12-18)38(49)56-36(26)47)16-24(15-22)55-35(46)19-3-10-27-30(13-19)39(50)57-37(27)48/h1-16H. The average Bonchev–Trinajstić information content (AvgIpc) is 3.75. The van der Waals surface area contributed by atoms with Crippen LogP contribution in [0.1, 0.15) is 93.2 Å². The molecule has 18 nitrogen and oxygen atoms in total. The lowest BCUT2D eigenvalue weighted by Gasteiger charge is -2.13. The van der Waals surface area contributed by atoms with Crippen molar-refractivity contribution in [2.75, 3.05) is 4.90 Å². The van der Waals surface area contributed by atoms with Crippen molar-refractivity contribution >= 4 is 65.0 Å². The fraction of sp³-hybridized carbons (Fsp3) is 0. The van der Waals surface area contributed by atoms with Crippen LogP contribution in [-0.2, 0) is 9.47 Å². The minimum Gasteiger partial charge on any atom is -0.423 e. The Bertz CT molecular complexity index is 2660. The highest BCUT2D eigenvalue weighted by Crippen LogP contribution is 2.33. The van der Waals surface area contributed by atoms with Crippen LogP contribution >= 0.6 is 0 Å². The van der Waals surface area contributed by atoms with Crippen molar-refractivity contribution in [3.8, 4) is 17.2 Å². The van der Waals surface area contributed by atoms with Gasteiger partial charge in [0.2, 0.25) is 0 Å². The summed E-state index contributed by atoms with van der Waals surface area (Å²) in [5, 5.41) is 11.1. The summed E-state index contributed by atoms with van der Waals surface area (Å²) in [6, 6.07) is 18.3. The van der Waals surface area contributed by atoms with Gasteiger partial charge >= 0.3 is 41.8 Å². The highest BCUT2D eigenvalue weighted by atomic mass is 16.6. The smallest absolute Gasteiger partial charge is 0.346 e. The number of ether oxygens (including phenoxy) is 5. The number of nitro benzene ring substituents is 1. The van der Waals surface area contributed by atoms with Crippen LogP contribution in [0, 0.1) is 10.1 Å². The molecule has 0 fully saturated rings. The summed E-state index contributed by atoms with van der Waals surface area (Å²) in [6.07, 6.45) is 0. The molecule has 2 amide bonds. The maximum atomic E-state index is 13.4. The van der Waals surface area contributed by atoms with Crippen LogP contribution in [0.2, 0.25) is 0 Å². The van der Waals surface area contributed by atoms with Crippen LogP contribution < -0.4 is 19.1 Å². The van der Waals surface area contributed by atoms with E-state index in [2.05, 4.69) is 9.47 Å². The Morgan fingerprint density at radius 1 is 0.474 bits per heavy atom. The number of fused-ring (bicyclic) bond motifs is 3. The first kappa shape index (κ1) is 35.4. The van der Waals surface area contributed by atoms with Gasteiger partial charge in [0.15, 0.2) is 0 Å². The third-order valence-electron chi connectivity index (χ3n) is 8.69. The Labute approximate surface area is 315 Å². The van der Waals surface area contributed by atoms with Gasteiger partial charge < -0.3 is 23.7 Å². The monoisotopic (exact) mass is 768 g/mol. The summed E-state index contributed by atoms with van der Waals surface area (Å²) >= 11 is 0. The molecule has 278 valence electrons. The number of non-ortho nitro benzene ring substituents is 1. The summed E-state index contributed by atoms with van der Waals surface area (Å²) in [4.78, 5) is 125. The molecular weight excluding hydrogens is 752 g/mol. The minimum atomic E-state index is -1.09. The van der Waals surface area contributed by atoms with Crippen LogP contribution in [0.5, 0.6) is 17.2 Å². The Balaban J connectivity index is 1.07. The molecule has 0 N–H and O–H groups in total. The molecule has 18 heteroatoms. The van der Waals surface area contributed by atoms with E-state index in [-0.39, 0.29) is 78.7 Å². The van der Waals surface area contributed by atoms with Crippen molar-refractivity contribution in [3.05, 3.63) is 157 Å². The third-order valence-corrected chi connectivity index (χ3v) is 8.69. The summed E-state index contributed by atoms with van der Waals surface area (Å²) in [6.45, 7) is 0. The lowest BCUT2D eigenvalue weighted by atomic mass is 10.1. The maximum Gasteiger partial charge on any atom is 0.346 e. The number of amides is 2. The SMILES string of the molecule is O=C(Oc1cc(OC(=O)c2ccc3c(c2)C(=O)OC3=O)cc(OC(=O)c2ccc3c(c2)C(=O)N(c2ccc([N+](=O)[O-])cc2)C3=O)c1)c1ccc2c(c1)C(=O)OC2=O. The first-order valence-corrected chi connectivity index (χ1v) is 16.2. The number of anilines is 1. The molecule has 0 saturated carbocycles. The van der Waals surface area contributed by atoms with E-state index in [1.807, 2.05) is 0 Å². The van der Waals surface area contributed by atoms with Crippen molar-refractivity contribution in [3.63, 3.8) is 0 Å². The summed E-state index contributed by atoms with van der Waals surface area (Å²) in [5.41, 5.74) is -1.57. The van der Waals surface area contributed by atoms with Crippen molar-refractivity contribution in [2.24, 2.45) is 0 Å². The number of hydrogen-bond donors (Lipinski definition) is 0. The molecule has 0 saturated heterocycles. The lowest BCUT2D eigenvalue weighted by Crippen LogP contribution is -2.29. The fourth-order valence-corrected chi connectivity index (χ4v) is 5.97. The van der Waals surface area contributed by atoms with Crippen LogP contribution in [-0.4, -0.2) is 58.5 Å². The maximum absolute atomic E-state index is 13.4. The predicted molar refractivity (Wildman–Crippen MR) is 184 cm³/mol. The normalized spacial score (nSPS) is 13.7. The van der Waals surface area contributed by atoms with Gasteiger partial charge in [0.05, 0.1) is 60.7 Å². The Kier molecular flexibility index (Phi) is 8.26.